The lowest BCUT2D eigenvalue weighted by atomic mass is 9.93. The predicted octanol–water partition coefficient (Wildman–Crippen LogP) is 2.03. The van der Waals surface area contributed by atoms with E-state index in [0.29, 0.717) is 5.92 Å². The van der Waals surface area contributed by atoms with Gasteiger partial charge in [0.25, 0.3) is 0 Å². The Bertz CT molecular complexity index is 401. The molecule has 3 rings (SSSR count). The Morgan fingerprint density at radius 2 is 2.29 bits per heavy atom. The second-order valence-corrected chi connectivity index (χ2v) is 5.13. The molecule has 3 nitrogen and oxygen atoms in total. The highest BCUT2D eigenvalue weighted by Crippen LogP contribution is 2.33. The topological polar surface area (TPSA) is 33.3 Å². The minimum absolute atomic E-state index is 0.704. The number of hydrogen-bond acceptors (Lipinski definition) is 3. The van der Waals surface area contributed by atoms with Crippen LogP contribution in [0.3, 0.4) is 0 Å². The quantitative estimate of drug-likeness (QED) is 0.833. The molecule has 0 amide bonds. The van der Waals surface area contributed by atoms with Gasteiger partial charge in [-0.2, -0.15) is 0 Å². The van der Waals surface area contributed by atoms with Crippen LogP contribution in [0.1, 0.15) is 18.4 Å². The van der Waals surface area contributed by atoms with Crippen molar-refractivity contribution in [2.24, 2.45) is 5.92 Å². The molecule has 2 aliphatic rings. The summed E-state index contributed by atoms with van der Waals surface area (Å²) >= 11 is 0. The zero-order valence-electron chi connectivity index (χ0n) is 10.3. The molecule has 1 unspecified atom stereocenters. The Balaban J connectivity index is 1.67. The van der Waals surface area contributed by atoms with Gasteiger partial charge in [0.2, 0.25) is 0 Å². The van der Waals surface area contributed by atoms with Crippen LogP contribution in [0.25, 0.3) is 0 Å². The third-order valence-electron chi connectivity index (χ3n) is 3.68. The molecule has 1 aromatic carbocycles. The van der Waals surface area contributed by atoms with E-state index >= 15 is 0 Å². The standard InChI is InChI=1S/C14H20N2O/c1-17-13-4-2-3-11-7-10(9-16-14(11)13)8-15-12-5-6-12/h2-4,10,12,15-16H,5-9H2,1H3. The first-order valence-electron chi connectivity index (χ1n) is 6.50. The van der Waals surface area contributed by atoms with E-state index in [4.69, 9.17) is 4.74 Å². The first-order chi connectivity index (χ1) is 8.36. The molecule has 1 heterocycles. The number of rotatable bonds is 4. The van der Waals surface area contributed by atoms with Crippen LogP contribution >= 0.6 is 0 Å². The maximum atomic E-state index is 5.38. The molecule has 1 aliphatic heterocycles. The molecule has 1 fully saturated rings. The molecular weight excluding hydrogens is 212 g/mol. The van der Waals surface area contributed by atoms with Crippen molar-refractivity contribution < 1.29 is 4.74 Å². The number of anilines is 1. The van der Waals surface area contributed by atoms with E-state index in [1.54, 1.807) is 7.11 Å². The van der Waals surface area contributed by atoms with Crippen molar-refractivity contribution in [3.63, 3.8) is 0 Å². The summed E-state index contributed by atoms with van der Waals surface area (Å²) in [5, 5.41) is 7.13. The fourth-order valence-corrected chi connectivity index (χ4v) is 2.51. The minimum atomic E-state index is 0.704. The van der Waals surface area contributed by atoms with Gasteiger partial charge in [-0.15, -0.1) is 0 Å². The molecule has 0 bridgehead atoms. The van der Waals surface area contributed by atoms with Gasteiger partial charge in [-0.3, -0.25) is 0 Å². The Morgan fingerprint density at radius 1 is 1.41 bits per heavy atom. The summed E-state index contributed by atoms with van der Waals surface area (Å²) in [7, 11) is 1.73. The van der Waals surface area contributed by atoms with Crippen molar-refractivity contribution in [1.29, 1.82) is 0 Å². The second-order valence-electron chi connectivity index (χ2n) is 5.13. The van der Waals surface area contributed by atoms with Crippen molar-refractivity contribution in [3.8, 4) is 5.75 Å². The van der Waals surface area contributed by atoms with Crippen LogP contribution in [-0.4, -0.2) is 26.2 Å². The summed E-state index contributed by atoms with van der Waals surface area (Å²) in [5.74, 6) is 1.67. The Morgan fingerprint density at radius 3 is 3.06 bits per heavy atom. The van der Waals surface area contributed by atoms with Crippen LogP contribution in [0.5, 0.6) is 5.75 Å². The van der Waals surface area contributed by atoms with Gasteiger partial charge in [0, 0.05) is 19.1 Å². The third-order valence-corrected chi connectivity index (χ3v) is 3.68. The van der Waals surface area contributed by atoms with Crippen molar-refractivity contribution >= 4 is 5.69 Å². The van der Waals surface area contributed by atoms with Crippen LogP contribution in [-0.2, 0) is 6.42 Å². The van der Waals surface area contributed by atoms with E-state index in [1.807, 2.05) is 6.07 Å². The van der Waals surface area contributed by atoms with Crippen molar-refractivity contribution in [2.75, 3.05) is 25.5 Å². The largest absolute Gasteiger partial charge is 0.495 e. The number of fused-ring (bicyclic) bond motifs is 1. The van der Waals surface area contributed by atoms with Crippen LogP contribution < -0.4 is 15.4 Å². The van der Waals surface area contributed by atoms with Crippen LogP contribution in [0.15, 0.2) is 18.2 Å². The molecule has 0 radical (unpaired) electrons. The lowest BCUT2D eigenvalue weighted by Gasteiger charge is -2.27. The normalized spacial score (nSPS) is 22.8. The van der Waals surface area contributed by atoms with E-state index in [-0.39, 0.29) is 0 Å². The highest BCUT2D eigenvalue weighted by Gasteiger charge is 2.24. The zero-order valence-corrected chi connectivity index (χ0v) is 10.3. The Hall–Kier alpha value is -1.22. The fourth-order valence-electron chi connectivity index (χ4n) is 2.51. The number of hydrogen-bond donors (Lipinski definition) is 2. The number of methoxy groups -OCH3 is 1. The van der Waals surface area contributed by atoms with E-state index < -0.39 is 0 Å². The SMILES string of the molecule is COc1cccc2c1NCC(CNC1CC1)C2. The van der Waals surface area contributed by atoms with E-state index in [0.717, 1.165) is 31.3 Å². The Labute approximate surface area is 103 Å². The lowest BCUT2D eigenvalue weighted by Crippen LogP contribution is -2.33. The van der Waals surface area contributed by atoms with E-state index in [2.05, 4.69) is 22.8 Å². The molecule has 1 saturated carbocycles. The van der Waals surface area contributed by atoms with Gasteiger partial charge in [0.1, 0.15) is 5.75 Å². The zero-order chi connectivity index (χ0) is 11.7. The molecule has 1 atom stereocenters. The predicted molar refractivity (Wildman–Crippen MR) is 69.7 cm³/mol. The highest BCUT2D eigenvalue weighted by molar-refractivity contribution is 5.63. The van der Waals surface area contributed by atoms with Crippen LogP contribution in [0.4, 0.5) is 5.69 Å². The summed E-state index contributed by atoms with van der Waals surface area (Å²) in [6.45, 7) is 2.18. The lowest BCUT2D eigenvalue weighted by molar-refractivity contribution is 0.412. The van der Waals surface area contributed by atoms with Crippen LogP contribution in [0, 0.1) is 5.92 Å². The van der Waals surface area contributed by atoms with Gasteiger partial charge in [-0.05, 0) is 36.8 Å². The maximum absolute atomic E-state index is 5.38. The molecule has 0 saturated heterocycles. The molecular formula is C14H20N2O. The molecule has 0 spiro atoms. The van der Waals surface area contributed by atoms with Gasteiger partial charge < -0.3 is 15.4 Å². The average molecular weight is 232 g/mol. The summed E-state index contributed by atoms with van der Waals surface area (Å²) in [5.41, 5.74) is 2.58. The van der Waals surface area contributed by atoms with E-state index in [1.165, 1.54) is 24.1 Å². The van der Waals surface area contributed by atoms with Gasteiger partial charge >= 0.3 is 0 Å². The molecule has 1 aromatic rings. The fraction of sp³-hybridized carbons (Fsp3) is 0.571. The maximum Gasteiger partial charge on any atom is 0.142 e. The number of ether oxygens (including phenoxy) is 1. The molecule has 1 aliphatic carbocycles. The summed E-state index contributed by atoms with van der Waals surface area (Å²) < 4.78 is 5.38. The van der Waals surface area contributed by atoms with Gasteiger partial charge in [0.05, 0.1) is 12.8 Å². The third kappa shape index (κ3) is 2.39. The van der Waals surface area contributed by atoms with Gasteiger partial charge in [-0.25, -0.2) is 0 Å². The second kappa shape index (κ2) is 4.57. The summed E-state index contributed by atoms with van der Waals surface area (Å²) in [6, 6.07) is 7.11. The molecule has 17 heavy (non-hydrogen) atoms. The van der Waals surface area contributed by atoms with Crippen molar-refractivity contribution in [1.82, 2.24) is 5.32 Å². The number of benzene rings is 1. The Kier molecular flexibility index (Phi) is 2.93. The number of para-hydroxylation sites is 1. The monoisotopic (exact) mass is 232 g/mol. The smallest absolute Gasteiger partial charge is 0.142 e. The molecule has 3 heteroatoms. The number of nitrogens with one attached hydrogen (secondary N) is 2. The van der Waals surface area contributed by atoms with Crippen molar-refractivity contribution in [2.45, 2.75) is 25.3 Å². The highest BCUT2D eigenvalue weighted by atomic mass is 16.5. The molecule has 2 N–H and O–H groups in total. The first-order valence-corrected chi connectivity index (χ1v) is 6.50. The van der Waals surface area contributed by atoms with E-state index in [9.17, 15) is 0 Å². The van der Waals surface area contributed by atoms with Gasteiger partial charge in [-0.1, -0.05) is 12.1 Å². The molecule has 0 aromatic heterocycles. The van der Waals surface area contributed by atoms with Crippen molar-refractivity contribution in [3.05, 3.63) is 23.8 Å². The summed E-state index contributed by atoms with van der Waals surface area (Å²) in [4.78, 5) is 0. The molecule has 92 valence electrons. The first kappa shape index (κ1) is 10.9. The average Bonchev–Trinajstić information content (AvgIpc) is 3.19. The minimum Gasteiger partial charge on any atom is -0.495 e. The summed E-state index contributed by atoms with van der Waals surface area (Å²) in [6.07, 6.45) is 3.88. The van der Waals surface area contributed by atoms with Gasteiger partial charge in [0.15, 0.2) is 0 Å². The van der Waals surface area contributed by atoms with Crippen LogP contribution in [0.2, 0.25) is 0 Å².